The van der Waals surface area contributed by atoms with E-state index in [2.05, 4.69) is 27.3 Å². The van der Waals surface area contributed by atoms with E-state index in [4.69, 9.17) is 0 Å². The molecule has 6 rings (SSSR count). The fourth-order valence-electron chi connectivity index (χ4n) is 5.31. The third-order valence-electron chi connectivity index (χ3n) is 6.72. The van der Waals surface area contributed by atoms with Crippen molar-refractivity contribution in [1.29, 1.82) is 0 Å². The molecule has 30 heavy (non-hydrogen) atoms. The van der Waals surface area contributed by atoms with Crippen molar-refractivity contribution in [3.05, 3.63) is 59.8 Å². The number of benzene rings is 2. The number of aromatic nitrogens is 1. The van der Waals surface area contributed by atoms with Crippen molar-refractivity contribution in [3.63, 3.8) is 0 Å². The van der Waals surface area contributed by atoms with Crippen molar-refractivity contribution in [2.24, 2.45) is 5.41 Å². The van der Waals surface area contributed by atoms with Crippen molar-refractivity contribution in [1.82, 2.24) is 9.88 Å². The van der Waals surface area contributed by atoms with Crippen LogP contribution in [-0.4, -0.2) is 34.9 Å². The van der Waals surface area contributed by atoms with Crippen molar-refractivity contribution in [2.45, 2.75) is 31.9 Å². The number of para-hydroxylation sites is 1. The summed E-state index contributed by atoms with van der Waals surface area (Å²) in [6.07, 6.45) is 1.85. The molecule has 3 aliphatic rings. The molecule has 0 unspecified atom stereocenters. The minimum atomic E-state index is -2.47. The van der Waals surface area contributed by atoms with Crippen LogP contribution < -0.4 is 10.2 Å². The molecule has 3 aromatic rings. The molecule has 3 heterocycles. The van der Waals surface area contributed by atoms with Gasteiger partial charge in [-0.05, 0) is 29.3 Å². The first-order valence-corrected chi connectivity index (χ1v) is 10.3. The molecular weight excluding hydrogens is 386 g/mol. The molecule has 1 aliphatic carbocycles. The summed E-state index contributed by atoms with van der Waals surface area (Å²) in [6, 6.07) is 13.9. The maximum Gasteiger partial charge on any atom is 0.322 e. The lowest BCUT2D eigenvalue weighted by Gasteiger charge is -2.59. The van der Waals surface area contributed by atoms with Crippen LogP contribution in [0.4, 0.5) is 25.0 Å². The van der Waals surface area contributed by atoms with Gasteiger partial charge >= 0.3 is 6.03 Å². The van der Waals surface area contributed by atoms with Crippen molar-refractivity contribution < 1.29 is 13.6 Å². The first-order valence-electron chi connectivity index (χ1n) is 10.3. The molecule has 1 aromatic heterocycles. The molecule has 2 aliphatic heterocycles. The molecule has 2 amide bonds. The lowest BCUT2D eigenvalue weighted by atomic mass is 9.61. The van der Waals surface area contributed by atoms with Crippen LogP contribution in [0.1, 0.15) is 24.0 Å². The Labute approximate surface area is 172 Å². The molecule has 2 N–H and O–H groups in total. The topological polar surface area (TPSA) is 51.4 Å². The number of aromatic amines is 1. The van der Waals surface area contributed by atoms with Crippen LogP contribution in [0, 0.1) is 5.41 Å². The Morgan fingerprint density at radius 3 is 2.60 bits per heavy atom. The smallest absolute Gasteiger partial charge is 0.322 e. The fraction of sp³-hybridized carbons (Fsp3) is 0.348. The second-order valence-corrected chi connectivity index (χ2v) is 9.05. The summed E-state index contributed by atoms with van der Waals surface area (Å²) < 4.78 is 26.5. The highest BCUT2D eigenvalue weighted by atomic mass is 19.3. The number of anilines is 2. The first-order chi connectivity index (χ1) is 14.4. The van der Waals surface area contributed by atoms with Crippen LogP contribution in [-0.2, 0) is 13.1 Å². The normalized spacial score (nSPS) is 20.7. The Hall–Kier alpha value is -3.09. The molecule has 1 saturated carbocycles. The highest BCUT2D eigenvalue weighted by Crippen LogP contribution is 2.57. The van der Waals surface area contributed by atoms with Gasteiger partial charge in [-0.2, -0.15) is 0 Å². The van der Waals surface area contributed by atoms with Gasteiger partial charge in [0.15, 0.2) is 0 Å². The Morgan fingerprint density at radius 2 is 1.80 bits per heavy atom. The molecule has 0 bridgehead atoms. The van der Waals surface area contributed by atoms with Crippen molar-refractivity contribution in [3.8, 4) is 0 Å². The van der Waals surface area contributed by atoms with Crippen LogP contribution in [0.3, 0.4) is 0 Å². The molecule has 2 fully saturated rings. The van der Waals surface area contributed by atoms with E-state index < -0.39 is 5.92 Å². The number of fused-ring (bicyclic) bond motifs is 2. The number of nitrogens with zero attached hydrogens (tertiary/aromatic N) is 2. The molecule has 5 nitrogen and oxygen atoms in total. The van der Waals surface area contributed by atoms with Gasteiger partial charge in [0.2, 0.25) is 5.92 Å². The minimum Gasteiger partial charge on any atom is -0.370 e. The molecule has 1 spiro atoms. The summed E-state index contributed by atoms with van der Waals surface area (Å²) >= 11 is 0. The lowest BCUT2D eigenvalue weighted by molar-refractivity contribution is -0.170. The summed E-state index contributed by atoms with van der Waals surface area (Å²) in [7, 11) is 0. The Bertz CT molecular complexity index is 1150. The fourth-order valence-corrected chi connectivity index (χ4v) is 5.31. The van der Waals surface area contributed by atoms with Crippen LogP contribution in [0.2, 0.25) is 0 Å². The van der Waals surface area contributed by atoms with E-state index in [1.807, 2.05) is 36.5 Å². The Morgan fingerprint density at radius 1 is 1.03 bits per heavy atom. The Balaban J connectivity index is 1.12. The number of halogens is 2. The van der Waals surface area contributed by atoms with Gasteiger partial charge in [-0.15, -0.1) is 0 Å². The monoisotopic (exact) mass is 408 g/mol. The van der Waals surface area contributed by atoms with Gasteiger partial charge in [0.25, 0.3) is 0 Å². The van der Waals surface area contributed by atoms with E-state index in [9.17, 15) is 13.6 Å². The highest BCUT2D eigenvalue weighted by molar-refractivity contribution is 6.01. The molecule has 154 valence electrons. The summed E-state index contributed by atoms with van der Waals surface area (Å²) in [6.45, 7) is 2.52. The van der Waals surface area contributed by atoms with Crippen LogP contribution in [0.15, 0.2) is 48.7 Å². The van der Waals surface area contributed by atoms with Gasteiger partial charge in [0.1, 0.15) is 0 Å². The molecule has 0 atom stereocenters. The number of rotatable bonds is 2. The number of urea groups is 1. The number of carbonyl (C=O) groups is 1. The summed E-state index contributed by atoms with van der Waals surface area (Å²) in [5.41, 5.74) is 4.90. The largest absolute Gasteiger partial charge is 0.370 e. The standard InChI is InChI=1S/C23H22F2N4O/c24-23(25)11-22(12-23)13-29(14-22)17-6-5-15-9-28(10-16(15)7-17)21(30)27-20-8-26-19-4-2-1-3-18(19)20/h1-8,26H,9-14H2,(H,27,30). The lowest BCUT2D eigenvalue weighted by Crippen LogP contribution is -2.66. The third-order valence-corrected chi connectivity index (χ3v) is 6.72. The van der Waals surface area contributed by atoms with E-state index in [1.165, 1.54) is 0 Å². The van der Waals surface area contributed by atoms with Crippen molar-refractivity contribution >= 4 is 28.3 Å². The number of nitrogens with one attached hydrogen (secondary N) is 2. The van der Waals surface area contributed by atoms with Gasteiger partial charge in [0, 0.05) is 67.2 Å². The number of amides is 2. The second kappa shape index (κ2) is 5.97. The molecule has 7 heteroatoms. The quantitative estimate of drug-likeness (QED) is 0.630. The van der Waals surface area contributed by atoms with E-state index in [1.54, 1.807) is 4.90 Å². The van der Waals surface area contributed by atoms with Gasteiger partial charge in [0.05, 0.1) is 5.69 Å². The minimum absolute atomic E-state index is 0.0171. The first kappa shape index (κ1) is 17.7. The predicted molar refractivity (Wildman–Crippen MR) is 112 cm³/mol. The predicted octanol–water partition coefficient (Wildman–Crippen LogP) is 4.95. The summed E-state index contributed by atoms with van der Waals surface area (Å²) in [4.78, 5) is 20.0. The number of alkyl halides is 2. The molecule has 0 radical (unpaired) electrons. The number of hydrogen-bond acceptors (Lipinski definition) is 2. The molecule has 1 saturated heterocycles. The second-order valence-electron chi connectivity index (χ2n) is 9.05. The zero-order valence-electron chi connectivity index (χ0n) is 16.4. The average molecular weight is 408 g/mol. The third kappa shape index (κ3) is 2.75. The average Bonchev–Trinajstić information content (AvgIpc) is 3.27. The Kier molecular flexibility index (Phi) is 3.53. The van der Waals surface area contributed by atoms with E-state index in [0.29, 0.717) is 26.2 Å². The van der Waals surface area contributed by atoms with Gasteiger partial charge < -0.3 is 20.1 Å². The number of H-pyrrole nitrogens is 1. The van der Waals surface area contributed by atoms with Crippen molar-refractivity contribution in [2.75, 3.05) is 23.3 Å². The maximum atomic E-state index is 13.2. The van der Waals surface area contributed by atoms with Crippen LogP contribution >= 0.6 is 0 Å². The SMILES string of the molecule is O=C(Nc1c[nH]c2ccccc12)N1Cc2ccc(N3CC4(C3)CC(F)(F)C4)cc2C1. The highest BCUT2D eigenvalue weighted by Gasteiger charge is 2.61. The molecular formula is C23H22F2N4O. The summed E-state index contributed by atoms with van der Waals surface area (Å²) in [5, 5.41) is 3.99. The van der Waals surface area contributed by atoms with E-state index in [-0.39, 0.29) is 24.3 Å². The van der Waals surface area contributed by atoms with Gasteiger partial charge in [-0.25, -0.2) is 13.6 Å². The van der Waals surface area contributed by atoms with Crippen LogP contribution in [0.5, 0.6) is 0 Å². The van der Waals surface area contributed by atoms with E-state index >= 15 is 0 Å². The van der Waals surface area contributed by atoms with Gasteiger partial charge in [-0.3, -0.25) is 0 Å². The maximum absolute atomic E-state index is 13.2. The zero-order chi connectivity index (χ0) is 20.5. The summed E-state index contributed by atoms with van der Waals surface area (Å²) in [5.74, 6) is -2.47. The number of hydrogen-bond donors (Lipinski definition) is 2. The molecule has 2 aromatic carbocycles. The number of carbonyl (C=O) groups excluding carboxylic acids is 1. The van der Waals surface area contributed by atoms with Gasteiger partial charge in [-0.1, -0.05) is 24.3 Å². The zero-order valence-corrected chi connectivity index (χ0v) is 16.4. The van der Waals surface area contributed by atoms with Crippen LogP contribution in [0.25, 0.3) is 10.9 Å². The van der Waals surface area contributed by atoms with E-state index in [0.717, 1.165) is 33.4 Å².